The van der Waals surface area contributed by atoms with E-state index in [0.717, 1.165) is 5.56 Å². The second-order valence-electron chi connectivity index (χ2n) is 7.03. The second kappa shape index (κ2) is 8.43. The summed E-state index contributed by atoms with van der Waals surface area (Å²) < 4.78 is 5.38. The third-order valence-electron chi connectivity index (χ3n) is 5.63. The zero-order valence-electron chi connectivity index (χ0n) is 16.2. The van der Waals surface area contributed by atoms with Gasteiger partial charge in [-0.3, -0.25) is 24.6 Å². The van der Waals surface area contributed by atoms with E-state index in [9.17, 15) is 14.4 Å². The van der Waals surface area contributed by atoms with Gasteiger partial charge in [0.1, 0.15) is 5.54 Å². The number of nitrogens with zero attached hydrogens (tertiary/aromatic N) is 1. The van der Waals surface area contributed by atoms with Gasteiger partial charge in [0.2, 0.25) is 11.8 Å². The lowest BCUT2D eigenvalue weighted by Crippen LogP contribution is -2.56. The molecule has 0 aliphatic carbocycles. The lowest BCUT2D eigenvalue weighted by molar-refractivity contribution is -0.156. The molecule has 0 unspecified atom stereocenters. The van der Waals surface area contributed by atoms with Crippen LogP contribution in [0.15, 0.2) is 24.3 Å². The molecule has 0 radical (unpaired) electrons. The Morgan fingerprint density at radius 2 is 1.93 bits per heavy atom. The van der Waals surface area contributed by atoms with Crippen LogP contribution in [-0.2, 0) is 19.1 Å². The number of halogens is 1. The van der Waals surface area contributed by atoms with E-state index in [2.05, 4.69) is 5.32 Å². The Labute approximate surface area is 174 Å². The fourth-order valence-electron chi connectivity index (χ4n) is 4.37. The molecule has 4 atom stereocenters. The molecule has 2 fully saturated rings. The Morgan fingerprint density at radius 1 is 1.25 bits per heavy atom. The van der Waals surface area contributed by atoms with Crippen molar-refractivity contribution in [3.63, 3.8) is 0 Å². The summed E-state index contributed by atoms with van der Waals surface area (Å²) in [4.78, 5) is 40.6. The fraction of sp³-hybridized carbons (Fsp3) is 0.550. The maximum Gasteiger partial charge on any atom is 0.327 e. The van der Waals surface area contributed by atoms with Crippen molar-refractivity contribution in [3.8, 4) is 0 Å². The van der Waals surface area contributed by atoms with Crippen molar-refractivity contribution in [2.45, 2.75) is 31.8 Å². The number of amides is 2. The number of thioether (sulfide) groups is 1. The van der Waals surface area contributed by atoms with Gasteiger partial charge in [0.25, 0.3) is 0 Å². The topological polar surface area (TPSA) is 75.7 Å². The zero-order valence-corrected chi connectivity index (χ0v) is 17.8. The molecule has 0 spiro atoms. The maximum absolute atomic E-state index is 13.2. The van der Waals surface area contributed by atoms with Gasteiger partial charge in [-0.05, 0) is 50.0 Å². The van der Waals surface area contributed by atoms with Gasteiger partial charge < -0.3 is 4.74 Å². The molecule has 152 valence electrons. The number of benzene rings is 1. The highest BCUT2D eigenvalue weighted by Crippen LogP contribution is 2.50. The standard InChI is InChI=1S/C20H25ClN2O4S/c1-4-23-17(24)14-15(18(23)25)20(10-11-28-3,19(26)27-5-2)22-16(14)12-6-8-13(21)9-7-12/h6-9,14-16,22H,4-5,10-11H2,1-3H3/t14-,15-,16-,20+/m0/s1. The van der Waals surface area contributed by atoms with Crippen molar-refractivity contribution in [1.29, 1.82) is 0 Å². The SMILES string of the molecule is CCOC(=O)[C@]1(CCSC)N[C@@H](c2ccc(Cl)cc2)[C@H]2C(=O)N(CC)C(=O)[C@H]21. The Kier molecular flexibility index (Phi) is 6.37. The van der Waals surface area contributed by atoms with Gasteiger partial charge in [0.15, 0.2) is 0 Å². The smallest absolute Gasteiger partial charge is 0.327 e. The molecular formula is C20H25ClN2O4S. The minimum atomic E-state index is -1.22. The predicted molar refractivity (Wildman–Crippen MR) is 109 cm³/mol. The Balaban J connectivity index is 2.11. The molecule has 1 aromatic rings. The predicted octanol–water partition coefficient (Wildman–Crippen LogP) is 2.66. The maximum atomic E-state index is 13.2. The summed E-state index contributed by atoms with van der Waals surface area (Å²) in [6.45, 7) is 4.02. The molecule has 0 aromatic heterocycles. The van der Waals surface area contributed by atoms with Gasteiger partial charge in [0.05, 0.1) is 18.4 Å². The first-order valence-corrected chi connectivity index (χ1v) is 11.2. The number of nitrogens with one attached hydrogen (secondary N) is 1. The van der Waals surface area contributed by atoms with E-state index in [4.69, 9.17) is 16.3 Å². The number of esters is 1. The Morgan fingerprint density at radius 3 is 2.50 bits per heavy atom. The average Bonchev–Trinajstić information content (AvgIpc) is 3.15. The van der Waals surface area contributed by atoms with Crippen molar-refractivity contribution in [2.24, 2.45) is 11.8 Å². The molecule has 2 heterocycles. The van der Waals surface area contributed by atoms with E-state index in [1.807, 2.05) is 18.4 Å². The van der Waals surface area contributed by atoms with E-state index in [0.29, 0.717) is 23.7 Å². The number of ether oxygens (including phenoxy) is 1. The number of carbonyl (C=O) groups is 3. The van der Waals surface area contributed by atoms with Crippen LogP contribution >= 0.6 is 23.4 Å². The van der Waals surface area contributed by atoms with Crippen LogP contribution in [0.1, 0.15) is 31.9 Å². The fourth-order valence-corrected chi connectivity index (χ4v) is 5.03. The number of fused-ring (bicyclic) bond motifs is 1. The van der Waals surface area contributed by atoms with Crippen LogP contribution in [0.5, 0.6) is 0 Å². The van der Waals surface area contributed by atoms with Crippen molar-refractivity contribution < 1.29 is 19.1 Å². The third-order valence-corrected chi connectivity index (χ3v) is 6.50. The summed E-state index contributed by atoms with van der Waals surface area (Å²) in [6, 6.07) is 6.71. The third kappa shape index (κ3) is 3.33. The quantitative estimate of drug-likeness (QED) is 0.535. The number of hydrogen-bond acceptors (Lipinski definition) is 6. The van der Waals surface area contributed by atoms with Gasteiger partial charge in [0, 0.05) is 17.6 Å². The highest BCUT2D eigenvalue weighted by molar-refractivity contribution is 7.98. The van der Waals surface area contributed by atoms with Crippen LogP contribution in [0, 0.1) is 11.8 Å². The van der Waals surface area contributed by atoms with Crippen molar-refractivity contribution in [1.82, 2.24) is 10.2 Å². The van der Waals surface area contributed by atoms with E-state index in [-0.39, 0.29) is 18.4 Å². The van der Waals surface area contributed by atoms with Crippen LogP contribution < -0.4 is 5.32 Å². The molecule has 2 aliphatic heterocycles. The molecule has 2 amide bonds. The van der Waals surface area contributed by atoms with Gasteiger partial charge in [-0.2, -0.15) is 11.8 Å². The molecule has 6 nitrogen and oxygen atoms in total. The van der Waals surface area contributed by atoms with Crippen LogP contribution in [0.2, 0.25) is 5.02 Å². The largest absolute Gasteiger partial charge is 0.465 e. The summed E-state index contributed by atoms with van der Waals surface area (Å²) in [5.41, 5.74) is -0.390. The summed E-state index contributed by atoms with van der Waals surface area (Å²) in [7, 11) is 0. The zero-order chi connectivity index (χ0) is 20.5. The summed E-state index contributed by atoms with van der Waals surface area (Å²) >= 11 is 7.61. The van der Waals surface area contributed by atoms with E-state index in [1.54, 1.807) is 37.7 Å². The van der Waals surface area contributed by atoms with Crippen LogP contribution in [-0.4, -0.2) is 53.4 Å². The number of rotatable bonds is 7. The molecular weight excluding hydrogens is 400 g/mol. The van der Waals surface area contributed by atoms with Crippen LogP contribution in [0.25, 0.3) is 0 Å². The Bertz CT molecular complexity index is 772. The molecule has 1 N–H and O–H groups in total. The number of likely N-dealkylation sites (tertiary alicyclic amines) is 1. The first kappa shape index (κ1) is 21.1. The summed E-state index contributed by atoms with van der Waals surface area (Å²) in [5.74, 6) is -1.74. The molecule has 0 saturated carbocycles. The van der Waals surface area contributed by atoms with Crippen molar-refractivity contribution >= 4 is 41.1 Å². The minimum absolute atomic E-state index is 0.212. The first-order valence-electron chi connectivity index (χ1n) is 9.45. The summed E-state index contributed by atoms with van der Waals surface area (Å²) in [6.07, 6.45) is 2.36. The molecule has 1 aromatic carbocycles. The van der Waals surface area contributed by atoms with E-state index in [1.165, 1.54) is 4.90 Å². The first-order chi connectivity index (χ1) is 13.4. The van der Waals surface area contributed by atoms with Gasteiger partial charge in [-0.25, -0.2) is 0 Å². The van der Waals surface area contributed by atoms with Gasteiger partial charge >= 0.3 is 5.97 Å². The van der Waals surface area contributed by atoms with Crippen LogP contribution in [0.4, 0.5) is 0 Å². The molecule has 2 aliphatic rings. The van der Waals surface area contributed by atoms with Crippen LogP contribution in [0.3, 0.4) is 0 Å². The summed E-state index contributed by atoms with van der Waals surface area (Å²) in [5, 5.41) is 3.95. The highest BCUT2D eigenvalue weighted by atomic mass is 35.5. The molecule has 0 bridgehead atoms. The van der Waals surface area contributed by atoms with Crippen molar-refractivity contribution in [2.75, 3.05) is 25.2 Å². The second-order valence-corrected chi connectivity index (χ2v) is 8.45. The molecule has 28 heavy (non-hydrogen) atoms. The Hall–Kier alpha value is -1.57. The van der Waals surface area contributed by atoms with E-state index < -0.39 is 29.4 Å². The number of hydrogen-bond donors (Lipinski definition) is 1. The van der Waals surface area contributed by atoms with Gasteiger partial charge in [-0.15, -0.1) is 0 Å². The average molecular weight is 425 g/mol. The molecule has 8 heteroatoms. The number of carbonyl (C=O) groups excluding carboxylic acids is 3. The molecule has 3 rings (SSSR count). The highest BCUT2D eigenvalue weighted by Gasteiger charge is 2.68. The molecule has 2 saturated heterocycles. The van der Waals surface area contributed by atoms with Gasteiger partial charge in [-0.1, -0.05) is 23.7 Å². The number of imide groups is 1. The lowest BCUT2D eigenvalue weighted by Gasteiger charge is -2.32. The minimum Gasteiger partial charge on any atom is -0.465 e. The van der Waals surface area contributed by atoms with E-state index >= 15 is 0 Å². The monoisotopic (exact) mass is 424 g/mol. The lowest BCUT2D eigenvalue weighted by atomic mass is 9.78. The van der Waals surface area contributed by atoms with Crippen molar-refractivity contribution in [3.05, 3.63) is 34.9 Å². The normalized spacial score (nSPS) is 29.3.